The molecule has 4 nitrogen and oxygen atoms in total. The number of benzene rings is 2. The fourth-order valence-corrected chi connectivity index (χ4v) is 2.85. The Kier molecular flexibility index (Phi) is 3.43. The first-order valence-corrected chi connectivity index (χ1v) is 7.86. The van der Waals surface area contributed by atoms with Crippen LogP contribution in [0.5, 0.6) is 0 Å². The van der Waals surface area contributed by atoms with Crippen LogP contribution in [0.4, 0.5) is 17.1 Å². The first-order chi connectivity index (χ1) is 11.7. The number of nitrogens with zero attached hydrogens (tertiary/aromatic N) is 2. The average Bonchev–Trinajstić information content (AvgIpc) is 2.99. The Balaban J connectivity index is 1.69. The highest BCUT2D eigenvalue weighted by Crippen LogP contribution is 2.25. The summed E-state index contributed by atoms with van der Waals surface area (Å²) >= 11 is 0. The van der Waals surface area contributed by atoms with Crippen LogP contribution in [0.1, 0.15) is 5.56 Å². The van der Waals surface area contributed by atoms with Crippen LogP contribution in [0.15, 0.2) is 73.1 Å². The summed E-state index contributed by atoms with van der Waals surface area (Å²) in [4.78, 5) is 4.39. The summed E-state index contributed by atoms with van der Waals surface area (Å²) in [5.41, 5.74) is 10.9. The fraction of sp³-hybridized carbons (Fsp3) is 0.0500. The zero-order valence-corrected chi connectivity index (χ0v) is 13.4. The standard InChI is InChI=1S/C20H18N4/c1-14-3-2-4-17(11-14)23-18-6-7-19-15(12-18)9-10-24(19)20-8-5-16(21)13-22-20/h2-13,23H,21H2,1H3. The number of nitrogen functional groups attached to an aromatic ring is 1. The van der Waals surface area contributed by atoms with Gasteiger partial charge in [-0.2, -0.15) is 0 Å². The molecule has 0 saturated carbocycles. The molecule has 0 unspecified atom stereocenters. The van der Waals surface area contributed by atoms with Crippen molar-refractivity contribution in [3.63, 3.8) is 0 Å². The van der Waals surface area contributed by atoms with E-state index in [1.54, 1.807) is 6.20 Å². The number of rotatable bonds is 3. The Hall–Kier alpha value is -3.27. The molecular weight excluding hydrogens is 296 g/mol. The van der Waals surface area contributed by atoms with Gasteiger partial charge in [0.1, 0.15) is 5.82 Å². The van der Waals surface area contributed by atoms with Crippen LogP contribution < -0.4 is 11.1 Å². The van der Waals surface area contributed by atoms with E-state index in [0.717, 1.165) is 28.1 Å². The first-order valence-electron chi connectivity index (χ1n) is 7.86. The van der Waals surface area contributed by atoms with Crippen LogP contribution >= 0.6 is 0 Å². The lowest BCUT2D eigenvalue weighted by Gasteiger charge is -2.09. The van der Waals surface area contributed by atoms with Gasteiger partial charge in [0, 0.05) is 23.0 Å². The lowest BCUT2D eigenvalue weighted by Crippen LogP contribution is -1.96. The van der Waals surface area contributed by atoms with Gasteiger partial charge in [0.2, 0.25) is 0 Å². The van der Waals surface area contributed by atoms with Crippen molar-refractivity contribution in [2.45, 2.75) is 6.92 Å². The van der Waals surface area contributed by atoms with Crippen molar-refractivity contribution in [2.24, 2.45) is 0 Å². The van der Waals surface area contributed by atoms with Crippen molar-refractivity contribution >= 4 is 28.0 Å². The minimum atomic E-state index is 0.667. The number of fused-ring (bicyclic) bond motifs is 1. The van der Waals surface area contributed by atoms with Crippen LogP contribution in [0, 0.1) is 6.92 Å². The first kappa shape index (κ1) is 14.3. The quantitative estimate of drug-likeness (QED) is 0.578. The molecule has 0 aliphatic heterocycles. The highest BCUT2D eigenvalue weighted by atomic mass is 15.0. The molecule has 118 valence electrons. The highest BCUT2D eigenvalue weighted by molar-refractivity contribution is 5.86. The molecule has 2 aromatic carbocycles. The van der Waals surface area contributed by atoms with E-state index in [0.29, 0.717) is 5.69 Å². The lowest BCUT2D eigenvalue weighted by molar-refractivity contribution is 1.05. The SMILES string of the molecule is Cc1cccc(Nc2ccc3c(ccn3-c3ccc(N)cn3)c2)c1. The van der Waals surface area contributed by atoms with Gasteiger partial charge in [0.05, 0.1) is 17.4 Å². The summed E-state index contributed by atoms with van der Waals surface area (Å²) in [5, 5.41) is 4.61. The third-order valence-electron chi connectivity index (χ3n) is 4.01. The van der Waals surface area contributed by atoms with Gasteiger partial charge >= 0.3 is 0 Å². The van der Waals surface area contributed by atoms with Crippen molar-refractivity contribution in [2.75, 3.05) is 11.1 Å². The molecule has 0 atom stereocenters. The summed E-state index contributed by atoms with van der Waals surface area (Å²) in [6.45, 7) is 2.09. The van der Waals surface area contributed by atoms with Crippen molar-refractivity contribution in [1.82, 2.24) is 9.55 Å². The smallest absolute Gasteiger partial charge is 0.137 e. The number of hydrogen-bond acceptors (Lipinski definition) is 3. The molecule has 4 heteroatoms. The van der Waals surface area contributed by atoms with Gasteiger partial charge in [0.15, 0.2) is 0 Å². The third-order valence-corrected chi connectivity index (χ3v) is 4.01. The van der Waals surface area contributed by atoms with Gasteiger partial charge in [-0.05, 0) is 61.0 Å². The van der Waals surface area contributed by atoms with E-state index in [4.69, 9.17) is 5.73 Å². The van der Waals surface area contributed by atoms with Crippen LogP contribution in [-0.4, -0.2) is 9.55 Å². The molecule has 0 spiro atoms. The second kappa shape index (κ2) is 5.74. The molecule has 0 aliphatic rings. The predicted octanol–water partition coefficient (Wildman–Crippen LogP) is 4.66. The normalized spacial score (nSPS) is 10.9. The van der Waals surface area contributed by atoms with Gasteiger partial charge < -0.3 is 15.6 Å². The molecule has 4 aromatic rings. The van der Waals surface area contributed by atoms with Gasteiger partial charge in [0.25, 0.3) is 0 Å². The molecule has 3 N–H and O–H groups in total. The molecule has 0 amide bonds. The van der Waals surface area contributed by atoms with Gasteiger partial charge in [-0.25, -0.2) is 4.98 Å². The second-order valence-electron chi connectivity index (χ2n) is 5.90. The zero-order chi connectivity index (χ0) is 16.5. The molecule has 24 heavy (non-hydrogen) atoms. The number of nitrogens with two attached hydrogens (primary N) is 1. The van der Waals surface area contributed by atoms with Crippen LogP contribution in [0.2, 0.25) is 0 Å². The van der Waals surface area contributed by atoms with Crippen LogP contribution in [-0.2, 0) is 0 Å². The molecule has 2 heterocycles. The maximum atomic E-state index is 5.72. The summed E-state index contributed by atoms with van der Waals surface area (Å²) in [7, 11) is 0. The number of aryl methyl sites for hydroxylation is 1. The number of aromatic nitrogens is 2. The fourth-order valence-electron chi connectivity index (χ4n) is 2.85. The lowest BCUT2D eigenvalue weighted by atomic mass is 10.2. The van der Waals surface area contributed by atoms with Crippen molar-refractivity contribution in [1.29, 1.82) is 0 Å². The largest absolute Gasteiger partial charge is 0.397 e. The minimum absolute atomic E-state index is 0.667. The molecule has 4 rings (SSSR count). The topological polar surface area (TPSA) is 55.9 Å². The van der Waals surface area contributed by atoms with E-state index in [2.05, 4.69) is 70.3 Å². The van der Waals surface area contributed by atoms with Crippen molar-refractivity contribution < 1.29 is 0 Å². The third kappa shape index (κ3) is 2.70. The number of nitrogens with one attached hydrogen (secondary N) is 1. The van der Waals surface area contributed by atoms with E-state index in [9.17, 15) is 0 Å². The molecule has 0 radical (unpaired) electrons. The van der Waals surface area contributed by atoms with E-state index in [1.807, 2.05) is 18.3 Å². The zero-order valence-electron chi connectivity index (χ0n) is 13.4. The van der Waals surface area contributed by atoms with Crippen molar-refractivity contribution in [3.8, 4) is 5.82 Å². The average molecular weight is 314 g/mol. The molecule has 2 aromatic heterocycles. The number of pyridine rings is 1. The Labute approximate surface area is 140 Å². The van der Waals surface area contributed by atoms with E-state index < -0.39 is 0 Å². The summed E-state index contributed by atoms with van der Waals surface area (Å²) in [5.74, 6) is 0.860. The molecular formula is C20H18N4. The number of hydrogen-bond donors (Lipinski definition) is 2. The summed E-state index contributed by atoms with van der Waals surface area (Å²) in [6, 6.07) is 20.6. The number of anilines is 3. The van der Waals surface area contributed by atoms with Crippen LogP contribution in [0.25, 0.3) is 16.7 Å². The molecule has 0 saturated heterocycles. The van der Waals surface area contributed by atoms with Crippen LogP contribution in [0.3, 0.4) is 0 Å². The summed E-state index contributed by atoms with van der Waals surface area (Å²) in [6.07, 6.45) is 3.70. The van der Waals surface area contributed by atoms with Crippen molar-refractivity contribution in [3.05, 3.63) is 78.6 Å². The Morgan fingerprint density at radius 2 is 1.83 bits per heavy atom. The molecule has 0 bridgehead atoms. The molecule has 0 aliphatic carbocycles. The van der Waals surface area contributed by atoms with Gasteiger partial charge in [-0.1, -0.05) is 12.1 Å². The minimum Gasteiger partial charge on any atom is -0.397 e. The Morgan fingerprint density at radius 3 is 2.62 bits per heavy atom. The van der Waals surface area contributed by atoms with Gasteiger partial charge in [-0.15, -0.1) is 0 Å². The van der Waals surface area contributed by atoms with E-state index in [1.165, 1.54) is 5.56 Å². The Morgan fingerprint density at radius 1 is 0.958 bits per heavy atom. The monoisotopic (exact) mass is 314 g/mol. The predicted molar refractivity (Wildman–Crippen MR) is 99.9 cm³/mol. The summed E-state index contributed by atoms with van der Waals surface area (Å²) < 4.78 is 2.06. The molecule has 0 fully saturated rings. The van der Waals surface area contributed by atoms with Gasteiger partial charge in [-0.3, -0.25) is 0 Å². The van der Waals surface area contributed by atoms with E-state index in [-0.39, 0.29) is 0 Å². The second-order valence-corrected chi connectivity index (χ2v) is 5.90. The maximum absolute atomic E-state index is 5.72. The van der Waals surface area contributed by atoms with E-state index >= 15 is 0 Å². The Bertz CT molecular complexity index is 1000. The highest BCUT2D eigenvalue weighted by Gasteiger charge is 2.05. The maximum Gasteiger partial charge on any atom is 0.137 e.